The van der Waals surface area contributed by atoms with E-state index in [1.54, 1.807) is 0 Å². The summed E-state index contributed by atoms with van der Waals surface area (Å²) in [4.78, 5) is 2.22. The number of piperidine rings is 1. The summed E-state index contributed by atoms with van der Waals surface area (Å²) in [7, 11) is 2.08. The van der Waals surface area contributed by atoms with Crippen molar-refractivity contribution in [3.05, 3.63) is 29.3 Å². The summed E-state index contributed by atoms with van der Waals surface area (Å²) in [6, 6.07) is 8.76. The first-order chi connectivity index (χ1) is 8.72. The lowest BCUT2D eigenvalue weighted by molar-refractivity contribution is 0.403. The Morgan fingerprint density at radius 3 is 2.94 bits per heavy atom. The predicted molar refractivity (Wildman–Crippen MR) is 74.8 cm³/mol. The first kappa shape index (κ1) is 12.9. The van der Waals surface area contributed by atoms with Gasteiger partial charge in [-0.1, -0.05) is 18.6 Å². The SMILES string of the molecule is Cc1cccc(C#N)c1N(C)CC1CCCCN1. The molecule has 1 aromatic carbocycles. The molecule has 1 aromatic rings. The molecule has 1 unspecified atom stereocenters. The van der Waals surface area contributed by atoms with E-state index in [0.717, 1.165) is 24.3 Å². The molecule has 0 saturated carbocycles. The van der Waals surface area contributed by atoms with Gasteiger partial charge in [0.25, 0.3) is 0 Å². The minimum absolute atomic E-state index is 0.551. The van der Waals surface area contributed by atoms with Gasteiger partial charge >= 0.3 is 0 Å². The minimum Gasteiger partial charge on any atom is -0.372 e. The van der Waals surface area contributed by atoms with Gasteiger partial charge in [-0.05, 0) is 37.9 Å². The molecule has 0 aromatic heterocycles. The van der Waals surface area contributed by atoms with Crippen molar-refractivity contribution in [2.24, 2.45) is 0 Å². The van der Waals surface area contributed by atoms with E-state index in [1.807, 2.05) is 12.1 Å². The molecule has 0 spiro atoms. The zero-order chi connectivity index (χ0) is 13.0. The van der Waals surface area contributed by atoms with Crippen LogP contribution in [0.1, 0.15) is 30.4 Å². The molecule has 1 N–H and O–H groups in total. The number of nitriles is 1. The number of benzene rings is 1. The van der Waals surface area contributed by atoms with Gasteiger partial charge in [-0.2, -0.15) is 5.26 Å². The molecule has 1 aliphatic heterocycles. The largest absolute Gasteiger partial charge is 0.372 e. The van der Waals surface area contributed by atoms with E-state index in [4.69, 9.17) is 0 Å². The van der Waals surface area contributed by atoms with Crippen LogP contribution in [0.4, 0.5) is 5.69 Å². The smallest absolute Gasteiger partial charge is 0.101 e. The second-order valence-electron chi connectivity index (χ2n) is 5.11. The van der Waals surface area contributed by atoms with Gasteiger partial charge in [0, 0.05) is 19.6 Å². The van der Waals surface area contributed by atoms with Gasteiger partial charge in [0.2, 0.25) is 0 Å². The van der Waals surface area contributed by atoms with Gasteiger partial charge in [0.15, 0.2) is 0 Å². The van der Waals surface area contributed by atoms with Crippen LogP contribution in [-0.2, 0) is 0 Å². The number of likely N-dealkylation sites (N-methyl/N-ethyl adjacent to an activating group) is 1. The highest BCUT2D eigenvalue weighted by Gasteiger charge is 2.17. The van der Waals surface area contributed by atoms with E-state index in [0.29, 0.717) is 6.04 Å². The third-order valence-electron chi connectivity index (χ3n) is 3.65. The first-order valence-corrected chi connectivity index (χ1v) is 6.66. The standard InChI is InChI=1S/C15H21N3/c1-12-6-5-7-13(10-16)15(12)18(2)11-14-8-3-4-9-17-14/h5-7,14,17H,3-4,8-9,11H2,1-2H3. The van der Waals surface area contributed by atoms with Crippen LogP contribution in [-0.4, -0.2) is 26.2 Å². The molecule has 96 valence electrons. The fourth-order valence-electron chi connectivity index (χ4n) is 2.76. The van der Waals surface area contributed by atoms with Crippen LogP contribution in [0.3, 0.4) is 0 Å². The van der Waals surface area contributed by atoms with Gasteiger partial charge < -0.3 is 10.2 Å². The summed E-state index contributed by atoms with van der Waals surface area (Å²) in [5.41, 5.74) is 3.02. The summed E-state index contributed by atoms with van der Waals surface area (Å²) in [6.45, 7) is 4.16. The molecule has 1 atom stereocenters. The highest BCUT2D eigenvalue weighted by molar-refractivity contribution is 5.63. The Bertz CT molecular complexity index is 442. The number of para-hydroxylation sites is 1. The van der Waals surface area contributed by atoms with Crippen LogP contribution in [0.5, 0.6) is 0 Å². The average molecular weight is 243 g/mol. The third-order valence-corrected chi connectivity index (χ3v) is 3.65. The van der Waals surface area contributed by atoms with E-state index in [2.05, 4.69) is 36.3 Å². The van der Waals surface area contributed by atoms with Gasteiger partial charge in [-0.25, -0.2) is 0 Å². The predicted octanol–water partition coefficient (Wildman–Crippen LogP) is 2.45. The van der Waals surface area contributed by atoms with Crippen LogP contribution >= 0.6 is 0 Å². The van der Waals surface area contributed by atoms with Crippen molar-refractivity contribution in [2.75, 3.05) is 25.0 Å². The Labute approximate surface area is 109 Å². The lowest BCUT2D eigenvalue weighted by atomic mass is 10.0. The summed E-state index contributed by atoms with van der Waals surface area (Å²) in [5.74, 6) is 0. The normalized spacial score (nSPS) is 19.3. The Kier molecular flexibility index (Phi) is 4.22. The second kappa shape index (κ2) is 5.88. The molecule has 2 rings (SSSR count). The highest BCUT2D eigenvalue weighted by atomic mass is 15.1. The molecule has 1 heterocycles. The van der Waals surface area contributed by atoms with Crippen molar-refractivity contribution in [2.45, 2.75) is 32.2 Å². The Morgan fingerprint density at radius 1 is 1.44 bits per heavy atom. The lowest BCUT2D eigenvalue weighted by Gasteiger charge is -2.30. The summed E-state index contributed by atoms with van der Waals surface area (Å²) >= 11 is 0. The van der Waals surface area contributed by atoms with Crippen LogP contribution in [0.15, 0.2) is 18.2 Å². The molecular formula is C15H21N3. The molecule has 1 saturated heterocycles. The number of hydrogen-bond donors (Lipinski definition) is 1. The van der Waals surface area contributed by atoms with Crippen LogP contribution in [0, 0.1) is 18.3 Å². The van der Waals surface area contributed by atoms with E-state index in [1.165, 1.54) is 24.8 Å². The Morgan fingerprint density at radius 2 is 2.28 bits per heavy atom. The molecule has 3 nitrogen and oxygen atoms in total. The van der Waals surface area contributed by atoms with E-state index < -0.39 is 0 Å². The van der Waals surface area contributed by atoms with Gasteiger partial charge in [0.05, 0.1) is 11.3 Å². The van der Waals surface area contributed by atoms with Crippen LogP contribution in [0.2, 0.25) is 0 Å². The van der Waals surface area contributed by atoms with Gasteiger partial charge in [0.1, 0.15) is 6.07 Å². The quantitative estimate of drug-likeness (QED) is 0.886. The fourth-order valence-corrected chi connectivity index (χ4v) is 2.76. The maximum Gasteiger partial charge on any atom is 0.101 e. The minimum atomic E-state index is 0.551. The molecule has 0 radical (unpaired) electrons. The van der Waals surface area contributed by atoms with Gasteiger partial charge in [-0.15, -0.1) is 0 Å². The monoisotopic (exact) mass is 243 g/mol. The van der Waals surface area contributed by atoms with Crippen molar-refractivity contribution in [3.8, 4) is 6.07 Å². The fraction of sp³-hybridized carbons (Fsp3) is 0.533. The molecule has 18 heavy (non-hydrogen) atoms. The van der Waals surface area contributed by atoms with E-state index in [-0.39, 0.29) is 0 Å². The Balaban J connectivity index is 2.13. The molecule has 0 bridgehead atoms. The Hall–Kier alpha value is -1.53. The molecule has 0 aliphatic carbocycles. The summed E-state index contributed by atoms with van der Waals surface area (Å²) in [6.07, 6.45) is 3.83. The number of anilines is 1. The molecule has 3 heteroatoms. The van der Waals surface area contributed by atoms with Crippen LogP contribution in [0.25, 0.3) is 0 Å². The second-order valence-corrected chi connectivity index (χ2v) is 5.11. The number of aryl methyl sites for hydroxylation is 1. The molecular weight excluding hydrogens is 222 g/mol. The lowest BCUT2D eigenvalue weighted by Crippen LogP contribution is -2.42. The number of nitrogens with one attached hydrogen (secondary N) is 1. The third kappa shape index (κ3) is 2.83. The van der Waals surface area contributed by atoms with E-state index >= 15 is 0 Å². The number of nitrogens with zero attached hydrogens (tertiary/aromatic N) is 2. The summed E-state index contributed by atoms with van der Waals surface area (Å²) < 4.78 is 0. The van der Waals surface area contributed by atoms with Crippen LogP contribution < -0.4 is 10.2 Å². The molecule has 1 aliphatic rings. The van der Waals surface area contributed by atoms with Gasteiger partial charge in [-0.3, -0.25) is 0 Å². The molecule has 1 fully saturated rings. The first-order valence-electron chi connectivity index (χ1n) is 6.66. The maximum atomic E-state index is 9.21. The summed E-state index contributed by atoms with van der Waals surface area (Å²) in [5, 5.41) is 12.8. The van der Waals surface area contributed by atoms with Crippen molar-refractivity contribution in [1.29, 1.82) is 5.26 Å². The van der Waals surface area contributed by atoms with E-state index in [9.17, 15) is 5.26 Å². The number of rotatable bonds is 3. The maximum absolute atomic E-state index is 9.21. The molecule has 0 amide bonds. The topological polar surface area (TPSA) is 39.1 Å². The zero-order valence-corrected chi connectivity index (χ0v) is 11.2. The van der Waals surface area contributed by atoms with Crippen molar-refractivity contribution < 1.29 is 0 Å². The zero-order valence-electron chi connectivity index (χ0n) is 11.2. The van der Waals surface area contributed by atoms with Crippen molar-refractivity contribution in [1.82, 2.24) is 5.32 Å². The average Bonchev–Trinajstić information content (AvgIpc) is 2.39. The highest BCUT2D eigenvalue weighted by Crippen LogP contribution is 2.24. The van der Waals surface area contributed by atoms with Crippen molar-refractivity contribution >= 4 is 5.69 Å². The number of hydrogen-bond acceptors (Lipinski definition) is 3. The van der Waals surface area contributed by atoms with Crippen molar-refractivity contribution in [3.63, 3.8) is 0 Å².